The van der Waals surface area contributed by atoms with Crippen LogP contribution in [0.25, 0.3) is 0 Å². The van der Waals surface area contributed by atoms with E-state index in [1.165, 1.54) is 7.11 Å². The molecular formula is C14H26N2O3. The van der Waals surface area contributed by atoms with Crippen LogP contribution in [0.2, 0.25) is 0 Å². The molecule has 5 heteroatoms. The van der Waals surface area contributed by atoms with Gasteiger partial charge in [0.2, 0.25) is 5.91 Å². The highest BCUT2D eigenvalue weighted by atomic mass is 16.5. The molecular weight excluding hydrogens is 244 g/mol. The lowest BCUT2D eigenvalue weighted by Crippen LogP contribution is -2.53. The van der Waals surface area contributed by atoms with E-state index in [2.05, 4.69) is 17.0 Å². The Bertz CT molecular complexity index is 316. The van der Waals surface area contributed by atoms with Gasteiger partial charge in [0.1, 0.15) is 0 Å². The number of hydrogen-bond acceptors (Lipinski definition) is 3. The maximum absolute atomic E-state index is 12.4. The van der Waals surface area contributed by atoms with Crippen molar-refractivity contribution in [2.45, 2.75) is 46.1 Å². The Morgan fingerprint density at radius 2 is 1.95 bits per heavy atom. The Labute approximate surface area is 115 Å². The predicted octanol–water partition coefficient (Wildman–Crippen LogP) is 2.02. The standard InChI is InChI=1S/C14H26N2O3/c1-5-11(6-2)13(17)16-8-10(3)7-12(9-16)15-14(18)19-4/h10-12H,5-9H2,1-4H3,(H,15,18). The fourth-order valence-corrected chi connectivity index (χ4v) is 2.76. The summed E-state index contributed by atoms with van der Waals surface area (Å²) in [4.78, 5) is 25.6. The molecule has 0 saturated carbocycles. The molecule has 110 valence electrons. The van der Waals surface area contributed by atoms with Crippen LogP contribution in [0.15, 0.2) is 0 Å². The number of ether oxygens (including phenoxy) is 1. The zero-order valence-electron chi connectivity index (χ0n) is 12.4. The molecule has 0 radical (unpaired) electrons. The Morgan fingerprint density at radius 1 is 1.32 bits per heavy atom. The van der Waals surface area contributed by atoms with E-state index in [0.29, 0.717) is 12.5 Å². The van der Waals surface area contributed by atoms with Gasteiger partial charge in [-0.25, -0.2) is 4.79 Å². The topological polar surface area (TPSA) is 58.6 Å². The first-order valence-electron chi connectivity index (χ1n) is 7.15. The first-order valence-corrected chi connectivity index (χ1v) is 7.15. The van der Waals surface area contributed by atoms with Crippen molar-refractivity contribution in [1.82, 2.24) is 10.2 Å². The minimum absolute atomic E-state index is 0.00508. The van der Waals surface area contributed by atoms with Crippen molar-refractivity contribution in [3.8, 4) is 0 Å². The molecule has 0 aromatic carbocycles. The Kier molecular flexibility index (Phi) is 6.12. The summed E-state index contributed by atoms with van der Waals surface area (Å²) in [5.74, 6) is 0.714. The molecule has 0 spiro atoms. The molecule has 1 saturated heterocycles. The molecule has 0 aromatic rings. The second-order valence-electron chi connectivity index (χ2n) is 5.43. The van der Waals surface area contributed by atoms with E-state index >= 15 is 0 Å². The van der Waals surface area contributed by atoms with Crippen molar-refractivity contribution >= 4 is 12.0 Å². The third-order valence-corrected chi connectivity index (χ3v) is 3.81. The van der Waals surface area contributed by atoms with E-state index in [0.717, 1.165) is 25.8 Å². The second kappa shape index (κ2) is 7.36. The average Bonchev–Trinajstić information content (AvgIpc) is 2.39. The number of carbonyl (C=O) groups is 2. The number of amides is 2. The molecule has 1 N–H and O–H groups in total. The maximum atomic E-state index is 12.4. The van der Waals surface area contributed by atoms with Crippen LogP contribution in [0.1, 0.15) is 40.0 Å². The summed E-state index contributed by atoms with van der Waals surface area (Å²) in [7, 11) is 1.36. The summed E-state index contributed by atoms with van der Waals surface area (Å²) in [6, 6.07) is -0.00508. The third kappa shape index (κ3) is 4.40. The van der Waals surface area contributed by atoms with Gasteiger partial charge in [-0.05, 0) is 25.2 Å². The lowest BCUT2D eigenvalue weighted by Gasteiger charge is -2.38. The lowest BCUT2D eigenvalue weighted by atomic mass is 9.93. The number of nitrogens with one attached hydrogen (secondary N) is 1. The van der Waals surface area contributed by atoms with Crippen LogP contribution >= 0.6 is 0 Å². The van der Waals surface area contributed by atoms with Crippen molar-refractivity contribution < 1.29 is 14.3 Å². The minimum Gasteiger partial charge on any atom is -0.453 e. The average molecular weight is 270 g/mol. The SMILES string of the molecule is CCC(CC)C(=O)N1CC(C)CC(NC(=O)OC)C1. The normalized spacial score (nSPS) is 23.3. The molecule has 19 heavy (non-hydrogen) atoms. The lowest BCUT2D eigenvalue weighted by molar-refractivity contribution is -0.138. The number of hydrogen-bond donors (Lipinski definition) is 1. The van der Waals surface area contributed by atoms with E-state index in [-0.39, 0.29) is 17.9 Å². The number of alkyl carbamates (subject to hydrolysis) is 1. The highest BCUT2D eigenvalue weighted by Crippen LogP contribution is 2.20. The van der Waals surface area contributed by atoms with Crippen molar-refractivity contribution in [1.29, 1.82) is 0 Å². The van der Waals surface area contributed by atoms with E-state index < -0.39 is 6.09 Å². The van der Waals surface area contributed by atoms with Gasteiger partial charge >= 0.3 is 6.09 Å². The molecule has 0 aromatic heterocycles. The monoisotopic (exact) mass is 270 g/mol. The van der Waals surface area contributed by atoms with Gasteiger partial charge in [-0.1, -0.05) is 20.8 Å². The van der Waals surface area contributed by atoms with Gasteiger partial charge in [-0.3, -0.25) is 4.79 Å². The van der Waals surface area contributed by atoms with E-state index in [1.807, 2.05) is 18.7 Å². The highest BCUT2D eigenvalue weighted by Gasteiger charge is 2.31. The van der Waals surface area contributed by atoms with Gasteiger partial charge in [0.25, 0.3) is 0 Å². The van der Waals surface area contributed by atoms with Crippen LogP contribution in [0, 0.1) is 11.8 Å². The van der Waals surface area contributed by atoms with Crippen molar-refractivity contribution in [3.05, 3.63) is 0 Å². The van der Waals surface area contributed by atoms with Gasteiger partial charge in [0.15, 0.2) is 0 Å². The van der Waals surface area contributed by atoms with Crippen LogP contribution < -0.4 is 5.32 Å². The quantitative estimate of drug-likeness (QED) is 0.850. The molecule has 0 aliphatic carbocycles. The molecule has 1 heterocycles. The van der Waals surface area contributed by atoms with E-state index in [9.17, 15) is 9.59 Å². The molecule has 2 unspecified atom stereocenters. The number of piperidine rings is 1. The predicted molar refractivity (Wildman–Crippen MR) is 73.8 cm³/mol. The Morgan fingerprint density at radius 3 is 2.47 bits per heavy atom. The summed E-state index contributed by atoms with van der Waals surface area (Å²) in [6.45, 7) is 7.58. The van der Waals surface area contributed by atoms with Gasteiger partial charge in [0.05, 0.1) is 13.2 Å². The zero-order chi connectivity index (χ0) is 14.4. The molecule has 5 nitrogen and oxygen atoms in total. The van der Waals surface area contributed by atoms with Crippen molar-refractivity contribution in [2.24, 2.45) is 11.8 Å². The number of methoxy groups -OCH3 is 1. The van der Waals surface area contributed by atoms with Crippen LogP contribution in [0.4, 0.5) is 4.79 Å². The smallest absolute Gasteiger partial charge is 0.407 e. The van der Waals surface area contributed by atoms with Crippen molar-refractivity contribution in [2.75, 3.05) is 20.2 Å². The fourth-order valence-electron chi connectivity index (χ4n) is 2.76. The van der Waals surface area contributed by atoms with Crippen LogP contribution in [0.3, 0.4) is 0 Å². The maximum Gasteiger partial charge on any atom is 0.407 e. The minimum atomic E-state index is -0.422. The molecule has 1 aliphatic heterocycles. The van der Waals surface area contributed by atoms with Gasteiger partial charge in [-0.2, -0.15) is 0 Å². The van der Waals surface area contributed by atoms with E-state index in [4.69, 9.17) is 0 Å². The first-order chi connectivity index (χ1) is 9.01. The number of carbonyl (C=O) groups excluding carboxylic acids is 2. The van der Waals surface area contributed by atoms with Crippen LogP contribution in [-0.2, 0) is 9.53 Å². The molecule has 2 atom stereocenters. The third-order valence-electron chi connectivity index (χ3n) is 3.81. The fraction of sp³-hybridized carbons (Fsp3) is 0.857. The number of likely N-dealkylation sites (tertiary alicyclic amines) is 1. The first kappa shape index (κ1) is 15.8. The second-order valence-corrected chi connectivity index (χ2v) is 5.43. The van der Waals surface area contributed by atoms with E-state index in [1.54, 1.807) is 0 Å². The van der Waals surface area contributed by atoms with Crippen molar-refractivity contribution in [3.63, 3.8) is 0 Å². The molecule has 0 bridgehead atoms. The number of rotatable bonds is 4. The summed E-state index contributed by atoms with van der Waals surface area (Å²) < 4.78 is 4.62. The molecule has 1 rings (SSSR count). The summed E-state index contributed by atoms with van der Waals surface area (Å²) >= 11 is 0. The van der Waals surface area contributed by atoms with Gasteiger partial charge in [0, 0.05) is 19.0 Å². The Balaban J connectivity index is 2.64. The Hall–Kier alpha value is -1.26. The summed E-state index contributed by atoms with van der Waals surface area (Å²) in [5.41, 5.74) is 0. The largest absolute Gasteiger partial charge is 0.453 e. The summed E-state index contributed by atoms with van der Waals surface area (Å²) in [6.07, 6.45) is 2.21. The zero-order valence-corrected chi connectivity index (χ0v) is 12.4. The number of nitrogens with zero attached hydrogens (tertiary/aromatic N) is 1. The van der Waals surface area contributed by atoms with Gasteiger partial charge in [-0.15, -0.1) is 0 Å². The molecule has 1 aliphatic rings. The molecule has 1 fully saturated rings. The van der Waals surface area contributed by atoms with Gasteiger partial charge < -0.3 is 15.0 Å². The highest BCUT2D eigenvalue weighted by molar-refractivity contribution is 5.79. The van der Waals surface area contributed by atoms with Crippen LogP contribution in [-0.4, -0.2) is 43.1 Å². The summed E-state index contributed by atoms with van der Waals surface area (Å²) in [5, 5.41) is 2.80. The molecule has 2 amide bonds. The van der Waals surface area contributed by atoms with Crippen LogP contribution in [0.5, 0.6) is 0 Å².